The van der Waals surface area contributed by atoms with Crippen LogP contribution in [0.1, 0.15) is 33.1 Å². The fraction of sp³-hybridized carbons (Fsp3) is 0.583. The van der Waals surface area contributed by atoms with Gasteiger partial charge in [-0.05, 0) is 30.7 Å². The van der Waals surface area contributed by atoms with Gasteiger partial charge in [-0.25, -0.2) is 0 Å². The molecule has 0 amide bonds. The van der Waals surface area contributed by atoms with Gasteiger partial charge in [0.25, 0.3) is 0 Å². The Balaban J connectivity index is 2.02. The molecular weight excluding hydrogens is 208 g/mol. The van der Waals surface area contributed by atoms with Crippen molar-refractivity contribution >= 4 is 17.3 Å². The Bertz CT molecular complexity index is 349. The fourth-order valence-electron chi connectivity index (χ4n) is 2.27. The minimum absolute atomic E-state index is 0.469. The first-order valence-electron chi connectivity index (χ1n) is 5.43. The van der Waals surface area contributed by atoms with E-state index in [2.05, 4.69) is 24.1 Å². The maximum Gasteiger partial charge on any atom is 0.0820 e. The molecule has 1 unspecified atom stereocenters. The van der Waals surface area contributed by atoms with Gasteiger partial charge in [-0.15, -0.1) is 0 Å². The van der Waals surface area contributed by atoms with Crippen LogP contribution in [0.3, 0.4) is 0 Å². The van der Waals surface area contributed by atoms with E-state index in [4.69, 9.17) is 11.6 Å². The van der Waals surface area contributed by atoms with Crippen molar-refractivity contribution in [1.82, 2.24) is 4.98 Å². The van der Waals surface area contributed by atoms with Crippen molar-refractivity contribution in [2.24, 2.45) is 5.41 Å². The number of aromatic nitrogens is 1. The highest BCUT2D eigenvalue weighted by Crippen LogP contribution is 2.38. The van der Waals surface area contributed by atoms with Gasteiger partial charge in [-0.2, -0.15) is 0 Å². The lowest BCUT2D eigenvalue weighted by Crippen LogP contribution is -2.17. The van der Waals surface area contributed by atoms with Gasteiger partial charge < -0.3 is 5.32 Å². The minimum Gasteiger partial charge on any atom is -0.381 e. The van der Waals surface area contributed by atoms with Gasteiger partial charge in [0.1, 0.15) is 0 Å². The summed E-state index contributed by atoms with van der Waals surface area (Å²) in [5.74, 6) is 0. The molecule has 15 heavy (non-hydrogen) atoms. The van der Waals surface area contributed by atoms with Crippen LogP contribution < -0.4 is 5.32 Å². The Morgan fingerprint density at radius 1 is 1.53 bits per heavy atom. The molecule has 0 spiro atoms. The molecule has 1 aliphatic carbocycles. The molecule has 1 aromatic heterocycles. The summed E-state index contributed by atoms with van der Waals surface area (Å²) in [4.78, 5) is 3.98. The summed E-state index contributed by atoms with van der Waals surface area (Å²) in [5.41, 5.74) is 1.48. The molecular formula is C12H17ClN2. The first-order chi connectivity index (χ1) is 7.07. The zero-order chi connectivity index (χ0) is 10.9. The molecule has 0 aromatic carbocycles. The number of rotatable bonds is 2. The lowest BCUT2D eigenvalue weighted by Gasteiger charge is -2.19. The Hall–Kier alpha value is -0.760. The van der Waals surface area contributed by atoms with Crippen molar-refractivity contribution in [3.05, 3.63) is 23.5 Å². The molecule has 0 radical (unpaired) electrons. The second kappa shape index (κ2) is 4.01. The summed E-state index contributed by atoms with van der Waals surface area (Å²) >= 11 is 6.05. The highest BCUT2D eigenvalue weighted by molar-refractivity contribution is 6.33. The highest BCUT2D eigenvalue weighted by Gasteiger charge is 2.30. The van der Waals surface area contributed by atoms with Gasteiger partial charge in [0.05, 0.1) is 10.7 Å². The molecule has 1 atom stereocenters. The van der Waals surface area contributed by atoms with Crippen LogP contribution >= 0.6 is 11.6 Å². The Morgan fingerprint density at radius 3 is 2.93 bits per heavy atom. The van der Waals surface area contributed by atoms with Gasteiger partial charge in [-0.1, -0.05) is 25.4 Å². The Morgan fingerprint density at radius 2 is 2.33 bits per heavy atom. The van der Waals surface area contributed by atoms with Gasteiger partial charge in [0, 0.05) is 18.4 Å². The highest BCUT2D eigenvalue weighted by atomic mass is 35.5. The lowest BCUT2D eigenvalue weighted by atomic mass is 9.92. The van der Waals surface area contributed by atoms with Crippen molar-refractivity contribution in [3.8, 4) is 0 Å². The molecule has 2 nitrogen and oxygen atoms in total. The zero-order valence-electron chi connectivity index (χ0n) is 9.26. The standard InChI is InChI=1S/C12H17ClN2/c1-12(2)5-3-9(7-12)15-11-4-6-14-8-10(11)13/h4,6,8-9H,3,5,7H2,1-2H3,(H,14,15). The molecule has 0 saturated heterocycles. The largest absolute Gasteiger partial charge is 0.381 e. The SMILES string of the molecule is CC1(C)CCC(Nc2ccncc2Cl)C1. The number of pyridine rings is 1. The smallest absolute Gasteiger partial charge is 0.0820 e. The number of hydrogen-bond acceptors (Lipinski definition) is 2. The number of halogens is 1. The van der Waals surface area contributed by atoms with Crippen LogP contribution in [0.5, 0.6) is 0 Å². The molecule has 0 aliphatic heterocycles. The van der Waals surface area contributed by atoms with E-state index in [1.54, 1.807) is 12.4 Å². The molecule has 2 rings (SSSR count). The average Bonchev–Trinajstić information content (AvgIpc) is 2.50. The van der Waals surface area contributed by atoms with Crippen LogP contribution in [0.25, 0.3) is 0 Å². The molecule has 82 valence electrons. The predicted octanol–water partition coefficient (Wildman–Crippen LogP) is 3.73. The normalized spacial score (nSPS) is 24.1. The van der Waals surface area contributed by atoms with Crippen LogP contribution in [-0.4, -0.2) is 11.0 Å². The van der Waals surface area contributed by atoms with Gasteiger partial charge in [-0.3, -0.25) is 4.98 Å². The lowest BCUT2D eigenvalue weighted by molar-refractivity contribution is 0.378. The number of nitrogens with zero attached hydrogens (tertiary/aromatic N) is 1. The maximum atomic E-state index is 6.05. The van der Waals surface area contributed by atoms with Crippen molar-refractivity contribution in [2.75, 3.05) is 5.32 Å². The molecule has 1 N–H and O–H groups in total. The molecule has 1 heterocycles. The number of hydrogen-bond donors (Lipinski definition) is 1. The maximum absolute atomic E-state index is 6.05. The van der Waals surface area contributed by atoms with Gasteiger partial charge in [0.15, 0.2) is 0 Å². The van der Waals surface area contributed by atoms with E-state index >= 15 is 0 Å². The van der Waals surface area contributed by atoms with E-state index in [1.807, 2.05) is 6.07 Å². The summed E-state index contributed by atoms with van der Waals surface area (Å²) in [5, 5.41) is 4.20. The Labute approximate surface area is 96.1 Å². The Kier molecular flexibility index (Phi) is 2.87. The van der Waals surface area contributed by atoms with Crippen LogP contribution in [0.2, 0.25) is 5.02 Å². The van der Waals surface area contributed by atoms with Crippen LogP contribution in [0.4, 0.5) is 5.69 Å². The van der Waals surface area contributed by atoms with E-state index in [1.165, 1.54) is 19.3 Å². The topological polar surface area (TPSA) is 24.9 Å². The molecule has 0 bridgehead atoms. The number of nitrogens with one attached hydrogen (secondary N) is 1. The van der Waals surface area contributed by atoms with Crippen LogP contribution in [-0.2, 0) is 0 Å². The second-order valence-electron chi connectivity index (χ2n) is 5.10. The third-order valence-corrected chi connectivity index (χ3v) is 3.40. The van der Waals surface area contributed by atoms with Crippen molar-refractivity contribution in [3.63, 3.8) is 0 Å². The number of anilines is 1. The predicted molar refractivity (Wildman–Crippen MR) is 64.3 cm³/mol. The van der Waals surface area contributed by atoms with Crippen LogP contribution in [0.15, 0.2) is 18.5 Å². The van der Waals surface area contributed by atoms with E-state index < -0.39 is 0 Å². The van der Waals surface area contributed by atoms with Gasteiger partial charge in [0.2, 0.25) is 0 Å². The summed E-state index contributed by atoms with van der Waals surface area (Å²) in [6.45, 7) is 4.64. The first-order valence-corrected chi connectivity index (χ1v) is 5.81. The second-order valence-corrected chi connectivity index (χ2v) is 5.51. The van der Waals surface area contributed by atoms with Crippen molar-refractivity contribution in [1.29, 1.82) is 0 Å². The molecule has 3 heteroatoms. The van der Waals surface area contributed by atoms with E-state index in [0.29, 0.717) is 16.5 Å². The van der Waals surface area contributed by atoms with E-state index in [9.17, 15) is 0 Å². The molecule has 1 fully saturated rings. The summed E-state index contributed by atoms with van der Waals surface area (Å²) < 4.78 is 0. The summed E-state index contributed by atoms with van der Waals surface area (Å²) in [6, 6.07) is 2.49. The van der Waals surface area contributed by atoms with Crippen LogP contribution in [0, 0.1) is 5.41 Å². The monoisotopic (exact) mass is 224 g/mol. The summed E-state index contributed by atoms with van der Waals surface area (Å²) in [7, 11) is 0. The fourth-order valence-corrected chi connectivity index (χ4v) is 2.45. The van der Waals surface area contributed by atoms with E-state index in [-0.39, 0.29) is 0 Å². The zero-order valence-corrected chi connectivity index (χ0v) is 10.0. The van der Waals surface area contributed by atoms with E-state index in [0.717, 1.165) is 5.69 Å². The van der Waals surface area contributed by atoms with Crippen molar-refractivity contribution < 1.29 is 0 Å². The minimum atomic E-state index is 0.469. The summed E-state index contributed by atoms with van der Waals surface area (Å²) in [6.07, 6.45) is 7.18. The first kappa shape index (κ1) is 10.7. The van der Waals surface area contributed by atoms with Crippen molar-refractivity contribution in [2.45, 2.75) is 39.2 Å². The third-order valence-electron chi connectivity index (χ3n) is 3.10. The average molecular weight is 225 g/mol. The quantitative estimate of drug-likeness (QED) is 0.828. The van der Waals surface area contributed by atoms with Gasteiger partial charge >= 0.3 is 0 Å². The molecule has 1 aromatic rings. The third kappa shape index (κ3) is 2.63. The molecule has 1 aliphatic rings. The molecule has 1 saturated carbocycles.